The van der Waals surface area contributed by atoms with E-state index in [2.05, 4.69) is 9.97 Å². The fourth-order valence-corrected chi connectivity index (χ4v) is 0.661. The molecule has 0 aromatic carbocycles. The second kappa shape index (κ2) is 2.78. The van der Waals surface area contributed by atoms with E-state index in [4.69, 9.17) is 11.6 Å². The molecule has 2 nitrogen and oxygen atoms in total. The van der Waals surface area contributed by atoms with E-state index in [1.807, 2.05) is 13.3 Å². The Balaban J connectivity index is 2.94. The number of hydrogen-bond donors (Lipinski definition) is 0. The number of halogens is 1. The molecule has 1 heterocycles. The summed E-state index contributed by atoms with van der Waals surface area (Å²) >= 11 is 5.55. The summed E-state index contributed by atoms with van der Waals surface area (Å²) in [6, 6.07) is 1.71. The van der Waals surface area contributed by atoms with Gasteiger partial charge in [-0.15, -0.1) is 0 Å². The molecular formula is C6H6ClN2. The summed E-state index contributed by atoms with van der Waals surface area (Å²) in [5.74, 6) is 0. The first-order chi connectivity index (χ1) is 4.33. The van der Waals surface area contributed by atoms with E-state index in [9.17, 15) is 0 Å². The lowest BCUT2D eigenvalue weighted by Gasteiger charge is -1.91. The van der Waals surface area contributed by atoms with E-state index in [0.717, 1.165) is 5.69 Å². The van der Waals surface area contributed by atoms with Gasteiger partial charge in [0.25, 0.3) is 0 Å². The summed E-state index contributed by atoms with van der Waals surface area (Å²) in [7, 11) is 0. The van der Waals surface area contributed by atoms with Crippen molar-refractivity contribution >= 4 is 11.6 Å². The van der Waals surface area contributed by atoms with Crippen molar-refractivity contribution < 1.29 is 0 Å². The van der Waals surface area contributed by atoms with Crippen LogP contribution in [0.3, 0.4) is 0 Å². The van der Waals surface area contributed by atoms with Gasteiger partial charge in [0, 0.05) is 12.1 Å². The minimum absolute atomic E-state index is 0.484. The highest BCUT2D eigenvalue weighted by atomic mass is 35.5. The van der Waals surface area contributed by atoms with Gasteiger partial charge >= 0.3 is 0 Å². The maximum atomic E-state index is 5.55. The first-order valence-corrected chi connectivity index (χ1v) is 2.97. The molecule has 0 spiro atoms. The predicted molar refractivity (Wildman–Crippen MR) is 36.1 cm³/mol. The Hall–Kier alpha value is -0.630. The molecule has 1 aromatic rings. The number of nitrogens with zero attached hydrogens (tertiary/aromatic N) is 2. The highest BCUT2D eigenvalue weighted by Crippen LogP contribution is 2.04. The Morgan fingerprint density at radius 1 is 1.56 bits per heavy atom. The predicted octanol–water partition coefficient (Wildman–Crippen LogP) is 1.70. The fourth-order valence-electron chi connectivity index (χ4n) is 0.505. The number of rotatable bonds is 1. The van der Waals surface area contributed by atoms with E-state index in [1.165, 1.54) is 6.33 Å². The van der Waals surface area contributed by atoms with Gasteiger partial charge in [-0.25, -0.2) is 9.97 Å². The average molecular weight is 142 g/mol. The minimum Gasteiger partial charge on any atom is -0.241 e. The molecule has 47 valence electrons. The van der Waals surface area contributed by atoms with Gasteiger partial charge in [0.1, 0.15) is 11.5 Å². The lowest BCUT2D eigenvalue weighted by molar-refractivity contribution is 1.11. The van der Waals surface area contributed by atoms with Gasteiger partial charge in [-0.3, -0.25) is 0 Å². The van der Waals surface area contributed by atoms with Crippen molar-refractivity contribution in [3.8, 4) is 0 Å². The van der Waals surface area contributed by atoms with E-state index >= 15 is 0 Å². The van der Waals surface area contributed by atoms with Crippen LogP contribution in [0, 0.1) is 6.42 Å². The summed E-state index contributed by atoms with van der Waals surface area (Å²) in [6.45, 7) is 1.90. The molecule has 1 radical (unpaired) electrons. The molecule has 1 rings (SSSR count). The molecule has 0 amide bonds. The number of aromatic nitrogens is 2. The maximum absolute atomic E-state index is 5.55. The molecule has 0 N–H and O–H groups in total. The van der Waals surface area contributed by atoms with Crippen LogP contribution >= 0.6 is 11.6 Å². The zero-order valence-electron chi connectivity index (χ0n) is 5.00. The van der Waals surface area contributed by atoms with Crippen LogP contribution in [0.25, 0.3) is 0 Å². The molecule has 9 heavy (non-hydrogen) atoms. The van der Waals surface area contributed by atoms with Crippen LogP contribution in [0.15, 0.2) is 12.4 Å². The molecule has 0 saturated heterocycles. The van der Waals surface area contributed by atoms with Crippen LogP contribution in [0.1, 0.15) is 12.6 Å². The van der Waals surface area contributed by atoms with Crippen LogP contribution in [-0.2, 0) is 0 Å². The maximum Gasteiger partial charge on any atom is 0.132 e. The normalized spacial score (nSPS) is 9.56. The standard InChI is InChI=1S/C6H6ClN2/c1-2-5-3-6(7)9-4-8-5/h2-4H,1H3. The van der Waals surface area contributed by atoms with Gasteiger partial charge in [0.05, 0.1) is 0 Å². The average Bonchev–Trinajstić information content (AvgIpc) is 1.88. The lowest BCUT2D eigenvalue weighted by Crippen LogP contribution is -1.84. The van der Waals surface area contributed by atoms with Crippen LogP contribution in [-0.4, -0.2) is 9.97 Å². The molecule has 0 aliphatic heterocycles. The van der Waals surface area contributed by atoms with Crippen molar-refractivity contribution in [2.75, 3.05) is 0 Å². The number of hydrogen-bond acceptors (Lipinski definition) is 2. The van der Waals surface area contributed by atoms with Crippen molar-refractivity contribution in [3.63, 3.8) is 0 Å². The summed E-state index contributed by atoms with van der Waals surface area (Å²) in [4.78, 5) is 7.63. The fraction of sp³-hybridized carbons (Fsp3) is 0.167. The van der Waals surface area contributed by atoms with Crippen molar-refractivity contribution in [1.29, 1.82) is 0 Å². The lowest BCUT2D eigenvalue weighted by atomic mass is 10.3. The van der Waals surface area contributed by atoms with Crippen molar-refractivity contribution in [2.24, 2.45) is 0 Å². The highest BCUT2D eigenvalue weighted by molar-refractivity contribution is 6.29. The summed E-state index contributed by atoms with van der Waals surface area (Å²) < 4.78 is 0. The molecule has 0 aliphatic carbocycles. The Labute approximate surface area is 58.9 Å². The second-order valence-corrected chi connectivity index (χ2v) is 1.94. The van der Waals surface area contributed by atoms with Crippen LogP contribution in [0.4, 0.5) is 0 Å². The van der Waals surface area contributed by atoms with E-state index < -0.39 is 0 Å². The molecule has 0 unspecified atom stereocenters. The van der Waals surface area contributed by atoms with Crippen LogP contribution < -0.4 is 0 Å². The first-order valence-electron chi connectivity index (χ1n) is 2.60. The van der Waals surface area contributed by atoms with Gasteiger partial charge in [-0.2, -0.15) is 0 Å². The third-order valence-corrected chi connectivity index (χ3v) is 1.16. The smallest absolute Gasteiger partial charge is 0.132 e. The topological polar surface area (TPSA) is 25.8 Å². The molecule has 0 atom stereocenters. The third kappa shape index (κ3) is 1.64. The van der Waals surface area contributed by atoms with Gasteiger partial charge in [-0.1, -0.05) is 18.5 Å². The van der Waals surface area contributed by atoms with E-state index in [-0.39, 0.29) is 0 Å². The zero-order valence-corrected chi connectivity index (χ0v) is 5.76. The van der Waals surface area contributed by atoms with Crippen molar-refractivity contribution in [1.82, 2.24) is 9.97 Å². The molecule has 0 fully saturated rings. The largest absolute Gasteiger partial charge is 0.241 e. The van der Waals surface area contributed by atoms with E-state index in [1.54, 1.807) is 6.07 Å². The van der Waals surface area contributed by atoms with Crippen molar-refractivity contribution in [2.45, 2.75) is 6.92 Å². The first kappa shape index (κ1) is 6.49. The van der Waals surface area contributed by atoms with Crippen LogP contribution in [0.5, 0.6) is 0 Å². The quantitative estimate of drug-likeness (QED) is 0.557. The Kier molecular flexibility index (Phi) is 2.01. The third-order valence-electron chi connectivity index (χ3n) is 0.951. The van der Waals surface area contributed by atoms with Crippen molar-refractivity contribution in [3.05, 3.63) is 29.7 Å². The van der Waals surface area contributed by atoms with Gasteiger partial charge in [-0.05, 0) is 6.07 Å². The molecule has 0 saturated carbocycles. The molecule has 0 aliphatic rings. The summed E-state index contributed by atoms with van der Waals surface area (Å²) in [6.07, 6.45) is 3.31. The Morgan fingerprint density at radius 2 is 2.33 bits per heavy atom. The molecule has 3 heteroatoms. The van der Waals surface area contributed by atoms with E-state index in [0.29, 0.717) is 5.15 Å². The zero-order chi connectivity index (χ0) is 6.69. The molecular weight excluding hydrogens is 136 g/mol. The summed E-state index contributed by atoms with van der Waals surface area (Å²) in [5.41, 5.74) is 0.856. The van der Waals surface area contributed by atoms with Crippen LogP contribution in [0.2, 0.25) is 5.15 Å². The molecule has 1 aromatic heterocycles. The Morgan fingerprint density at radius 3 is 2.78 bits per heavy atom. The second-order valence-electron chi connectivity index (χ2n) is 1.55. The van der Waals surface area contributed by atoms with Gasteiger partial charge in [0.2, 0.25) is 0 Å². The van der Waals surface area contributed by atoms with Gasteiger partial charge in [0.15, 0.2) is 0 Å². The monoisotopic (exact) mass is 141 g/mol. The summed E-state index contributed by atoms with van der Waals surface area (Å²) in [5, 5.41) is 0.484. The minimum atomic E-state index is 0.484. The molecule has 0 bridgehead atoms. The Bertz CT molecular complexity index is 200. The van der Waals surface area contributed by atoms with Gasteiger partial charge < -0.3 is 0 Å². The SMILES string of the molecule is C[CH]c1cc(Cl)ncn1. The highest BCUT2D eigenvalue weighted by Gasteiger charge is 1.90.